The van der Waals surface area contributed by atoms with Crippen LogP contribution in [0.3, 0.4) is 0 Å². The quantitative estimate of drug-likeness (QED) is 0.294. The molecule has 0 radical (unpaired) electrons. The summed E-state index contributed by atoms with van der Waals surface area (Å²) < 4.78 is 0. The van der Waals surface area contributed by atoms with Gasteiger partial charge in [0.05, 0.1) is 5.92 Å². The summed E-state index contributed by atoms with van der Waals surface area (Å²) in [6.07, 6.45) is 0.240. The van der Waals surface area contributed by atoms with Crippen LogP contribution in [-0.2, 0) is 14.4 Å². The average molecular weight is 435 g/mol. The van der Waals surface area contributed by atoms with Crippen LogP contribution >= 0.6 is 0 Å². The molecule has 1 aromatic carbocycles. The molecule has 3 atom stereocenters. The summed E-state index contributed by atoms with van der Waals surface area (Å²) in [5, 5.41) is 17.0. The lowest BCUT2D eigenvalue weighted by molar-refractivity contribution is -0.139. The monoisotopic (exact) mass is 434 g/mol. The van der Waals surface area contributed by atoms with Crippen molar-refractivity contribution in [2.24, 2.45) is 17.3 Å². The Labute approximate surface area is 183 Å². The van der Waals surface area contributed by atoms with Crippen molar-refractivity contribution in [3.63, 3.8) is 0 Å². The van der Waals surface area contributed by atoms with Crippen LogP contribution in [0.1, 0.15) is 51.4 Å². The standard InChI is InChI=1S/C22H34N4O5/c1-13(2)12-15(19(28)25-17(21(30)23-6)22(3,4)5)16(20(29)26-31)24-18(27)14-10-8-7-9-11-14/h7-11,13,15-17,31H,12H2,1-6H3,(H,23,30)(H,24,27)(H,25,28)(H,26,29)/t15-,16+,17-/m1/s1. The molecule has 0 heterocycles. The highest BCUT2D eigenvalue weighted by Crippen LogP contribution is 2.22. The van der Waals surface area contributed by atoms with Crippen molar-refractivity contribution >= 4 is 23.6 Å². The number of hydroxylamine groups is 1. The van der Waals surface area contributed by atoms with E-state index in [2.05, 4.69) is 16.0 Å². The van der Waals surface area contributed by atoms with Gasteiger partial charge in [0.2, 0.25) is 11.8 Å². The molecule has 0 aliphatic carbocycles. The van der Waals surface area contributed by atoms with Crippen LogP contribution in [0.15, 0.2) is 30.3 Å². The molecule has 0 unspecified atom stereocenters. The molecule has 31 heavy (non-hydrogen) atoms. The third-order valence-electron chi connectivity index (χ3n) is 4.84. The lowest BCUT2D eigenvalue weighted by Crippen LogP contribution is -2.59. The van der Waals surface area contributed by atoms with E-state index in [0.717, 1.165) is 0 Å². The minimum atomic E-state index is -1.34. The van der Waals surface area contributed by atoms with Gasteiger partial charge in [0.1, 0.15) is 12.1 Å². The van der Waals surface area contributed by atoms with E-state index in [-0.39, 0.29) is 18.2 Å². The molecule has 4 amide bonds. The molecule has 5 N–H and O–H groups in total. The lowest BCUT2D eigenvalue weighted by atomic mass is 9.84. The van der Waals surface area contributed by atoms with Gasteiger partial charge in [-0.25, -0.2) is 5.48 Å². The zero-order valence-corrected chi connectivity index (χ0v) is 19.0. The van der Waals surface area contributed by atoms with Crippen LogP contribution in [-0.4, -0.2) is 48.0 Å². The molecule has 0 fully saturated rings. The van der Waals surface area contributed by atoms with Crippen molar-refractivity contribution in [1.29, 1.82) is 0 Å². The van der Waals surface area contributed by atoms with E-state index >= 15 is 0 Å². The van der Waals surface area contributed by atoms with E-state index in [1.165, 1.54) is 12.5 Å². The van der Waals surface area contributed by atoms with Gasteiger partial charge in [0, 0.05) is 12.6 Å². The second-order valence-electron chi connectivity index (χ2n) is 8.95. The fourth-order valence-corrected chi connectivity index (χ4v) is 3.20. The number of nitrogens with one attached hydrogen (secondary N) is 4. The number of benzene rings is 1. The average Bonchev–Trinajstić information content (AvgIpc) is 2.72. The summed E-state index contributed by atoms with van der Waals surface area (Å²) in [5.41, 5.74) is 1.24. The Kier molecular flexibility index (Phi) is 9.64. The Morgan fingerprint density at radius 1 is 0.935 bits per heavy atom. The molecule has 0 aliphatic rings. The number of amides is 4. The van der Waals surface area contributed by atoms with Gasteiger partial charge in [-0.15, -0.1) is 0 Å². The molecule has 1 aromatic rings. The molecule has 9 nitrogen and oxygen atoms in total. The van der Waals surface area contributed by atoms with Gasteiger partial charge in [0.15, 0.2) is 0 Å². The van der Waals surface area contributed by atoms with E-state index in [1.54, 1.807) is 51.1 Å². The molecule has 0 saturated heterocycles. The number of hydrogen-bond acceptors (Lipinski definition) is 5. The molecule has 0 aliphatic heterocycles. The van der Waals surface area contributed by atoms with Crippen LogP contribution in [0.5, 0.6) is 0 Å². The second kappa shape index (κ2) is 11.5. The topological polar surface area (TPSA) is 137 Å². The minimum Gasteiger partial charge on any atom is -0.357 e. The van der Waals surface area contributed by atoms with Crippen molar-refractivity contribution in [2.75, 3.05) is 7.05 Å². The molecule has 0 bridgehead atoms. The third-order valence-corrected chi connectivity index (χ3v) is 4.84. The molecular formula is C22H34N4O5. The number of carbonyl (C=O) groups excluding carboxylic acids is 4. The molecule has 0 aromatic heterocycles. The van der Waals surface area contributed by atoms with E-state index < -0.39 is 41.1 Å². The second-order valence-corrected chi connectivity index (χ2v) is 8.95. The van der Waals surface area contributed by atoms with E-state index in [9.17, 15) is 24.4 Å². The highest BCUT2D eigenvalue weighted by Gasteiger charge is 2.39. The lowest BCUT2D eigenvalue weighted by Gasteiger charge is -2.33. The molecule has 9 heteroatoms. The van der Waals surface area contributed by atoms with Crippen molar-refractivity contribution < 1.29 is 24.4 Å². The Hall–Kier alpha value is -2.94. The van der Waals surface area contributed by atoms with Gasteiger partial charge >= 0.3 is 0 Å². The number of carbonyl (C=O) groups is 4. The predicted octanol–water partition coefficient (Wildman–Crippen LogP) is 1.23. The van der Waals surface area contributed by atoms with E-state index in [4.69, 9.17) is 0 Å². The Bertz CT molecular complexity index is 774. The fourth-order valence-electron chi connectivity index (χ4n) is 3.20. The van der Waals surface area contributed by atoms with Crippen molar-refractivity contribution in [3.8, 4) is 0 Å². The third kappa shape index (κ3) is 7.67. The highest BCUT2D eigenvalue weighted by atomic mass is 16.5. The van der Waals surface area contributed by atoms with Gasteiger partial charge < -0.3 is 16.0 Å². The summed E-state index contributed by atoms with van der Waals surface area (Å²) >= 11 is 0. The van der Waals surface area contributed by atoms with Crippen LogP contribution in [0.2, 0.25) is 0 Å². The Balaban J connectivity index is 3.25. The Morgan fingerprint density at radius 3 is 1.97 bits per heavy atom. The first kappa shape index (κ1) is 26.1. The van der Waals surface area contributed by atoms with Crippen LogP contribution in [0, 0.1) is 17.3 Å². The van der Waals surface area contributed by atoms with E-state index in [1.807, 2.05) is 13.8 Å². The van der Waals surface area contributed by atoms with Gasteiger partial charge in [-0.3, -0.25) is 24.4 Å². The van der Waals surface area contributed by atoms with Crippen LogP contribution in [0.4, 0.5) is 0 Å². The summed E-state index contributed by atoms with van der Waals surface area (Å²) in [6.45, 7) is 9.15. The zero-order valence-electron chi connectivity index (χ0n) is 19.0. The summed E-state index contributed by atoms with van der Waals surface area (Å²) in [6, 6.07) is 6.03. The number of rotatable bonds is 9. The van der Waals surface area contributed by atoms with Crippen LogP contribution < -0.4 is 21.4 Å². The first-order valence-electron chi connectivity index (χ1n) is 10.2. The van der Waals surface area contributed by atoms with Gasteiger partial charge in [-0.05, 0) is 29.9 Å². The molecule has 0 saturated carbocycles. The largest absolute Gasteiger partial charge is 0.357 e. The first-order valence-corrected chi connectivity index (χ1v) is 10.2. The predicted molar refractivity (Wildman–Crippen MR) is 116 cm³/mol. The van der Waals surface area contributed by atoms with Crippen LogP contribution in [0.25, 0.3) is 0 Å². The first-order chi connectivity index (χ1) is 14.4. The molecule has 0 spiro atoms. The van der Waals surface area contributed by atoms with Gasteiger partial charge in [-0.1, -0.05) is 52.8 Å². The maximum atomic E-state index is 13.2. The molecule has 1 rings (SSSR count). The van der Waals surface area contributed by atoms with E-state index in [0.29, 0.717) is 5.56 Å². The Morgan fingerprint density at radius 2 is 1.52 bits per heavy atom. The zero-order chi connectivity index (χ0) is 23.8. The maximum absolute atomic E-state index is 13.2. The van der Waals surface area contributed by atoms with Crippen molar-refractivity contribution in [2.45, 2.75) is 53.1 Å². The smallest absolute Gasteiger partial charge is 0.266 e. The number of likely N-dealkylation sites (N-methyl/N-ethyl adjacent to an activating group) is 1. The summed E-state index contributed by atoms with van der Waals surface area (Å²) in [5.74, 6) is -3.45. The summed E-state index contributed by atoms with van der Waals surface area (Å²) in [7, 11) is 1.47. The van der Waals surface area contributed by atoms with Gasteiger partial charge in [-0.2, -0.15) is 0 Å². The van der Waals surface area contributed by atoms with Crippen molar-refractivity contribution in [1.82, 2.24) is 21.4 Å². The van der Waals surface area contributed by atoms with Crippen molar-refractivity contribution in [3.05, 3.63) is 35.9 Å². The fraction of sp³-hybridized carbons (Fsp3) is 0.545. The molecular weight excluding hydrogens is 400 g/mol. The minimum absolute atomic E-state index is 0.00791. The SMILES string of the molecule is CNC(=O)[C@@H](NC(=O)[C@H](CC(C)C)[C@H](NC(=O)c1ccccc1)C(=O)NO)C(C)(C)C. The molecule has 172 valence electrons. The maximum Gasteiger partial charge on any atom is 0.266 e. The normalized spacial score (nSPS) is 14.2. The number of hydrogen-bond donors (Lipinski definition) is 5. The highest BCUT2D eigenvalue weighted by molar-refractivity contribution is 5.99. The van der Waals surface area contributed by atoms with Gasteiger partial charge in [0.25, 0.3) is 11.8 Å². The summed E-state index contributed by atoms with van der Waals surface area (Å²) in [4.78, 5) is 50.7.